The third-order valence-corrected chi connectivity index (χ3v) is 4.93. The van der Waals surface area contributed by atoms with E-state index in [1.807, 2.05) is 18.7 Å². The molecule has 0 unspecified atom stereocenters. The number of alkyl halides is 3. The van der Waals surface area contributed by atoms with Gasteiger partial charge in [0.1, 0.15) is 0 Å². The van der Waals surface area contributed by atoms with Gasteiger partial charge in [-0.3, -0.25) is 4.79 Å². The Kier molecular flexibility index (Phi) is 4.65. The molecule has 1 aliphatic carbocycles. The van der Waals surface area contributed by atoms with Gasteiger partial charge in [0.05, 0.1) is 5.92 Å². The fraction of sp³-hybridized carbons (Fsp3) is 0.933. The summed E-state index contributed by atoms with van der Waals surface area (Å²) in [6.45, 7) is 4.02. The zero-order valence-corrected chi connectivity index (χ0v) is 12.2. The first kappa shape index (κ1) is 15.6. The van der Waals surface area contributed by atoms with Crippen LogP contribution < -0.4 is 0 Å². The second-order valence-corrected chi connectivity index (χ2v) is 6.48. The highest BCUT2D eigenvalue weighted by molar-refractivity contribution is 5.79. The number of hydrogen-bond acceptors (Lipinski definition) is 1. The normalized spacial score (nSPS) is 36.0. The molecule has 0 spiro atoms. The number of hydrogen-bond donors (Lipinski definition) is 0. The molecule has 2 aliphatic rings. The second-order valence-electron chi connectivity index (χ2n) is 6.48. The van der Waals surface area contributed by atoms with Crippen LogP contribution in [0, 0.1) is 11.8 Å². The highest BCUT2D eigenvalue weighted by Crippen LogP contribution is 2.41. The van der Waals surface area contributed by atoms with Gasteiger partial charge in [-0.1, -0.05) is 6.42 Å². The molecule has 1 amide bonds. The molecule has 116 valence electrons. The van der Waals surface area contributed by atoms with Gasteiger partial charge in [-0.25, -0.2) is 0 Å². The van der Waals surface area contributed by atoms with E-state index in [0.717, 1.165) is 19.3 Å². The number of carbonyl (C=O) groups is 1. The topological polar surface area (TPSA) is 20.3 Å². The summed E-state index contributed by atoms with van der Waals surface area (Å²) in [6, 6.07) is 0.329. The Balaban J connectivity index is 2.04. The van der Waals surface area contributed by atoms with Crippen molar-refractivity contribution in [2.45, 2.75) is 77.1 Å². The quantitative estimate of drug-likeness (QED) is 0.711. The first-order valence-corrected chi connectivity index (χ1v) is 7.69. The summed E-state index contributed by atoms with van der Waals surface area (Å²) in [4.78, 5) is 14.5. The van der Waals surface area contributed by atoms with E-state index in [4.69, 9.17) is 0 Å². The van der Waals surface area contributed by atoms with Crippen LogP contribution in [0.2, 0.25) is 0 Å². The molecular formula is C15H24F3NO. The van der Waals surface area contributed by atoms with Crippen molar-refractivity contribution in [3.63, 3.8) is 0 Å². The minimum atomic E-state index is -4.15. The number of piperidine rings is 1. The van der Waals surface area contributed by atoms with E-state index in [0.29, 0.717) is 12.8 Å². The van der Waals surface area contributed by atoms with Gasteiger partial charge in [-0.2, -0.15) is 13.2 Å². The predicted octanol–water partition coefficient (Wildman–Crippen LogP) is 4.14. The van der Waals surface area contributed by atoms with E-state index in [1.54, 1.807) is 0 Å². The number of nitrogens with zero attached hydrogens (tertiary/aromatic N) is 1. The van der Waals surface area contributed by atoms with Crippen LogP contribution in [0.5, 0.6) is 0 Å². The summed E-state index contributed by atoms with van der Waals surface area (Å²) >= 11 is 0. The number of amides is 1. The van der Waals surface area contributed by atoms with Gasteiger partial charge in [-0.15, -0.1) is 0 Å². The molecule has 1 heterocycles. The fourth-order valence-electron chi connectivity index (χ4n) is 3.78. The van der Waals surface area contributed by atoms with Crippen molar-refractivity contribution in [2.24, 2.45) is 11.8 Å². The molecule has 5 heteroatoms. The molecule has 2 rings (SSSR count). The van der Waals surface area contributed by atoms with Crippen molar-refractivity contribution in [2.75, 3.05) is 0 Å². The molecule has 4 atom stereocenters. The number of rotatable bonds is 1. The lowest BCUT2D eigenvalue weighted by molar-refractivity contribution is -0.187. The molecule has 0 bridgehead atoms. The standard InChI is InChI=1S/C15H24F3NO/c1-10-5-3-6-11(2)19(10)14(20)12-7-4-8-13(9-12)15(16,17)18/h10-13H,3-9H2,1-2H3/t10-,11+,12-,13+/m1/s1. The maximum Gasteiger partial charge on any atom is 0.391 e. The highest BCUT2D eigenvalue weighted by atomic mass is 19.4. The minimum absolute atomic E-state index is 0.0156. The third kappa shape index (κ3) is 3.29. The maximum absolute atomic E-state index is 12.8. The van der Waals surface area contributed by atoms with Gasteiger partial charge in [0.25, 0.3) is 0 Å². The van der Waals surface area contributed by atoms with E-state index in [1.165, 1.54) is 0 Å². The van der Waals surface area contributed by atoms with E-state index < -0.39 is 18.0 Å². The molecule has 1 aliphatic heterocycles. The molecular weight excluding hydrogens is 267 g/mol. The van der Waals surface area contributed by atoms with Gasteiger partial charge < -0.3 is 4.90 Å². The van der Waals surface area contributed by atoms with Gasteiger partial charge >= 0.3 is 6.18 Å². The number of carbonyl (C=O) groups excluding carboxylic acids is 1. The van der Waals surface area contributed by atoms with Gasteiger partial charge in [0, 0.05) is 18.0 Å². The Morgan fingerprint density at radius 2 is 1.55 bits per heavy atom. The Morgan fingerprint density at radius 1 is 1.00 bits per heavy atom. The van der Waals surface area contributed by atoms with Crippen LogP contribution in [0.4, 0.5) is 13.2 Å². The van der Waals surface area contributed by atoms with Crippen molar-refractivity contribution in [1.29, 1.82) is 0 Å². The first-order valence-electron chi connectivity index (χ1n) is 7.69. The van der Waals surface area contributed by atoms with Crippen LogP contribution >= 0.6 is 0 Å². The molecule has 2 nitrogen and oxygen atoms in total. The Hall–Kier alpha value is -0.740. The van der Waals surface area contributed by atoms with E-state index in [-0.39, 0.29) is 30.8 Å². The molecule has 0 radical (unpaired) electrons. The van der Waals surface area contributed by atoms with Crippen molar-refractivity contribution >= 4 is 5.91 Å². The van der Waals surface area contributed by atoms with Crippen LogP contribution in [0.1, 0.15) is 58.8 Å². The van der Waals surface area contributed by atoms with Crippen LogP contribution in [-0.4, -0.2) is 29.1 Å². The SMILES string of the molecule is C[C@@H]1CCC[C@H](C)N1C(=O)[C@@H]1CCC[C@H](C(F)(F)F)C1. The number of halogens is 3. The lowest BCUT2D eigenvalue weighted by Gasteiger charge is -2.42. The first-order chi connectivity index (χ1) is 9.30. The molecule has 0 aromatic rings. The van der Waals surface area contributed by atoms with E-state index >= 15 is 0 Å². The Bertz CT molecular complexity index is 346. The Labute approximate surface area is 118 Å². The largest absolute Gasteiger partial charge is 0.391 e. The van der Waals surface area contributed by atoms with Gasteiger partial charge in [0.2, 0.25) is 5.91 Å². The van der Waals surface area contributed by atoms with E-state index in [2.05, 4.69) is 0 Å². The molecule has 0 aromatic carbocycles. The van der Waals surface area contributed by atoms with Crippen LogP contribution in [0.25, 0.3) is 0 Å². The fourth-order valence-corrected chi connectivity index (χ4v) is 3.78. The average molecular weight is 291 g/mol. The highest BCUT2D eigenvalue weighted by Gasteiger charge is 2.45. The predicted molar refractivity (Wildman–Crippen MR) is 71.1 cm³/mol. The van der Waals surface area contributed by atoms with Gasteiger partial charge in [0.15, 0.2) is 0 Å². The van der Waals surface area contributed by atoms with Crippen molar-refractivity contribution in [1.82, 2.24) is 4.90 Å². The Morgan fingerprint density at radius 3 is 2.10 bits per heavy atom. The molecule has 0 aromatic heterocycles. The summed E-state index contributed by atoms with van der Waals surface area (Å²) in [5.74, 6) is -1.77. The van der Waals surface area contributed by atoms with Crippen LogP contribution in [0.15, 0.2) is 0 Å². The second kappa shape index (κ2) is 5.94. The van der Waals surface area contributed by atoms with Crippen molar-refractivity contribution in [3.05, 3.63) is 0 Å². The summed E-state index contributed by atoms with van der Waals surface area (Å²) in [7, 11) is 0. The van der Waals surface area contributed by atoms with Crippen LogP contribution in [-0.2, 0) is 4.79 Å². The molecule has 20 heavy (non-hydrogen) atoms. The molecule has 2 fully saturated rings. The monoisotopic (exact) mass is 291 g/mol. The van der Waals surface area contributed by atoms with Gasteiger partial charge in [-0.05, 0) is 52.4 Å². The smallest absolute Gasteiger partial charge is 0.337 e. The van der Waals surface area contributed by atoms with Crippen molar-refractivity contribution < 1.29 is 18.0 Å². The average Bonchev–Trinajstić information content (AvgIpc) is 2.37. The number of likely N-dealkylation sites (tertiary alicyclic amines) is 1. The summed E-state index contributed by atoms with van der Waals surface area (Å²) in [5, 5.41) is 0. The molecule has 1 saturated carbocycles. The van der Waals surface area contributed by atoms with Crippen LogP contribution in [0.3, 0.4) is 0 Å². The molecule has 1 saturated heterocycles. The zero-order valence-electron chi connectivity index (χ0n) is 12.2. The summed E-state index contributed by atoms with van der Waals surface area (Å²) in [5.41, 5.74) is 0. The lowest BCUT2D eigenvalue weighted by Crippen LogP contribution is -2.50. The minimum Gasteiger partial charge on any atom is -0.337 e. The van der Waals surface area contributed by atoms with Crippen molar-refractivity contribution in [3.8, 4) is 0 Å². The summed E-state index contributed by atoms with van der Waals surface area (Å²) in [6.07, 6.45) is 0.159. The summed E-state index contributed by atoms with van der Waals surface area (Å²) < 4.78 is 38.5. The third-order valence-electron chi connectivity index (χ3n) is 4.93. The van der Waals surface area contributed by atoms with E-state index in [9.17, 15) is 18.0 Å². The zero-order chi connectivity index (χ0) is 14.9. The lowest BCUT2D eigenvalue weighted by atomic mass is 9.79. The molecule has 0 N–H and O–H groups in total. The maximum atomic E-state index is 12.8.